The Bertz CT molecular complexity index is 1190. The molecule has 0 spiro atoms. The van der Waals surface area contributed by atoms with E-state index in [4.69, 9.17) is 5.41 Å². The second-order valence-corrected chi connectivity index (χ2v) is 7.90. The number of rotatable bonds is 5. The first-order valence-electron chi connectivity index (χ1n) is 10.4. The number of fused-ring (bicyclic) bond motifs is 1. The van der Waals surface area contributed by atoms with E-state index in [1.807, 2.05) is 13.8 Å². The molecule has 33 heavy (non-hydrogen) atoms. The Morgan fingerprint density at radius 3 is 2.73 bits per heavy atom. The van der Waals surface area contributed by atoms with Crippen LogP contribution in [0.25, 0.3) is 17.2 Å². The van der Waals surface area contributed by atoms with Gasteiger partial charge in [0.2, 0.25) is 0 Å². The van der Waals surface area contributed by atoms with Gasteiger partial charge in [-0.25, -0.2) is 19.9 Å². The number of hydrogen-bond donors (Lipinski definition) is 3. The van der Waals surface area contributed by atoms with Crippen LogP contribution in [0.1, 0.15) is 19.5 Å². The smallest absolute Gasteiger partial charge is 0.394 e. The molecule has 3 aromatic rings. The van der Waals surface area contributed by atoms with E-state index >= 15 is 0 Å². The number of anilines is 1. The molecular weight excluding hydrogens is 435 g/mol. The molecule has 1 aliphatic rings. The van der Waals surface area contributed by atoms with Crippen LogP contribution >= 0.6 is 0 Å². The molecule has 3 aromatic heterocycles. The fourth-order valence-electron chi connectivity index (χ4n) is 4.04. The van der Waals surface area contributed by atoms with Crippen molar-refractivity contribution in [2.75, 3.05) is 18.5 Å². The van der Waals surface area contributed by atoms with Crippen LogP contribution in [0.4, 0.5) is 19.0 Å². The first-order chi connectivity index (χ1) is 15.7. The third kappa shape index (κ3) is 4.38. The third-order valence-corrected chi connectivity index (χ3v) is 5.60. The van der Waals surface area contributed by atoms with Crippen molar-refractivity contribution in [3.63, 3.8) is 0 Å². The largest absolute Gasteiger partial charge is 0.434 e. The highest BCUT2D eigenvalue weighted by atomic mass is 19.4. The van der Waals surface area contributed by atoms with E-state index in [1.165, 1.54) is 16.8 Å². The van der Waals surface area contributed by atoms with E-state index in [-0.39, 0.29) is 29.6 Å². The minimum Gasteiger partial charge on any atom is -0.394 e. The minimum atomic E-state index is -4.58. The Hall–Kier alpha value is -3.54. The van der Waals surface area contributed by atoms with Crippen molar-refractivity contribution in [3.05, 3.63) is 48.3 Å². The molecular formula is C21H24F3N9. The number of imidazole rings is 1. The Morgan fingerprint density at radius 1 is 1.24 bits per heavy atom. The molecule has 9 nitrogen and oxygen atoms in total. The van der Waals surface area contributed by atoms with Gasteiger partial charge in [0.15, 0.2) is 17.2 Å². The molecule has 3 unspecified atom stereocenters. The van der Waals surface area contributed by atoms with Gasteiger partial charge >= 0.3 is 6.18 Å². The van der Waals surface area contributed by atoms with Crippen LogP contribution in [-0.4, -0.2) is 62.3 Å². The number of hydrogen-bond acceptors (Lipinski definition) is 8. The van der Waals surface area contributed by atoms with Gasteiger partial charge < -0.3 is 20.9 Å². The molecule has 1 saturated heterocycles. The molecule has 4 heterocycles. The number of nitrogens with zero attached hydrogens (tertiary/aromatic N) is 6. The Balaban J connectivity index is 1.72. The number of halogens is 3. The highest BCUT2D eigenvalue weighted by Crippen LogP contribution is 2.29. The molecule has 0 amide bonds. The van der Waals surface area contributed by atoms with Gasteiger partial charge in [-0.2, -0.15) is 13.2 Å². The molecule has 3 N–H and O–H groups in total. The van der Waals surface area contributed by atoms with Crippen LogP contribution in [0.15, 0.2) is 42.6 Å². The van der Waals surface area contributed by atoms with Crippen molar-refractivity contribution in [2.24, 2.45) is 0 Å². The molecule has 3 atom stereocenters. The lowest BCUT2D eigenvalue weighted by Gasteiger charge is -2.44. The van der Waals surface area contributed by atoms with Crippen LogP contribution in [0.3, 0.4) is 0 Å². The molecule has 174 valence electrons. The number of aromatic nitrogens is 5. The lowest BCUT2D eigenvalue weighted by Crippen LogP contribution is -2.61. The summed E-state index contributed by atoms with van der Waals surface area (Å²) in [5.74, 6) is 0.895. The summed E-state index contributed by atoms with van der Waals surface area (Å²) in [5, 5.41) is 14.3. The molecule has 0 radical (unpaired) electrons. The first-order valence-corrected chi connectivity index (χ1v) is 10.4. The van der Waals surface area contributed by atoms with Crippen molar-refractivity contribution in [1.82, 2.24) is 35.0 Å². The number of piperazine rings is 1. The maximum atomic E-state index is 13.2. The van der Waals surface area contributed by atoms with Crippen molar-refractivity contribution >= 4 is 17.7 Å². The maximum absolute atomic E-state index is 13.2. The first kappa shape index (κ1) is 22.6. The molecule has 4 rings (SSSR count). The second-order valence-electron chi connectivity index (χ2n) is 7.90. The molecule has 0 saturated carbocycles. The standard InChI is InChI=1S/C21H24F3N9/c1-12-10-32(13(2)19(30-12)14(6-25)7-26-3)17-4-5-27-20(31-17)15-8-29-18-9-28-16(11-33(15)18)21(22,23)24/h4-9,11-13,19,25-26,30H,10H2,1-3H3/b14-7+,25-6?. The average molecular weight is 459 g/mol. The SMILES string of the molecule is CN/C=C(\C=N)C1NC(C)CN(c2ccnc(-c3cnc4cnc(C(F)(F)F)cn34)n2)C1C. The van der Waals surface area contributed by atoms with Crippen LogP contribution < -0.4 is 15.5 Å². The van der Waals surface area contributed by atoms with Gasteiger partial charge in [0.05, 0.1) is 18.4 Å². The van der Waals surface area contributed by atoms with E-state index < -0.39 is 11.9 Å². The van der Waals surface area contributed by atoms with E-state index in [2.05, 4.69) is 35.5 Å². The summed E-state index contributed by atoms with van der Waals surface area (Å²) >= 11 is 0. The van der Waals surface area contributed by atoms with E-state index in [9.17, 15) is 13.2 Å². The fourth-order valence-corrected chi connectivity index (χ4v) is 4.04. The van der Waals surface area contributed by atoms with Crippen molar-refractivity contribution in [1.29, 1.82) is 5.41 Å². The summed E-state index contributed by atoms with van der Waals surface area (Å²) < 4.78 is 40.8. The Morgan fingerprint density at radius 2 is 2.03 bits per heavy atom. The molecule has 0 bridgehead atoms. The second kappa shape index (κ2) is 8.77. The predicted octanol–water partition coefficient (Wildman–Crippen LogP) is 2.51. The van der Waals surface area contributed by atoms with E-state index in [0.29, 0.717) is 18.1 Å². The number of alkyl halides is 3. The van der Waals surface area contributed by atoms with Gasteiger partial charge in [-0.15, -0.1) is 0 Å². The maximum Gasteiger partial charge on any atom is 0.434 e. The Labute approximate surface area is 188 Å². The van der Waals surface area contributed by atoms with E-state index in [1.54, 1.807) is 25.5 Å². The van der Waals surface area contributed by atoms with Crippen LogP contribution in [0, 0.1) is 5.41 Å². The molecule has 12 heteroatoms. The summed E-state index contributed by atoms with van der Waals surface area (Å²) in [6.45, 7) is 4.74. The van der Waals surface area contributed by atoms with Gasteiger partial charge in [0, 0.05) is 56.1 Å². The van der Waals surface area contributed by atoms with E-state index in [0.717, 1.165) is 18.0 Å². The summed E-state index contributed by atoms with van der Waals surface area (Å²) in [4.78, 5) is 18.7. The highest BCUT2D eigenvalue weighted by molar-refractivity contribution is 5.78. The molecule has 1 aliphatic heterocycles. The van der Waals surface area contributed by atoms with Crippen molar-refractivity contribution in [2.45, 2.75) is 38.1 Å². The van der Waals surface area contributed by atoms with Gasteiger partial charge in [-0.05, 0) is 19.9 Å². The minimum absolute atomic E-state index is 0.0478. The van der Waals surface area contributed by atoms with Gasteiger partial charge in [-0.1, -0.05) is 0 Å². The fraction of sp³-hybridized carbons (Fsp3) is 0.381. The van der Waals surface area contributed by atoms with Crippen LogP contribution in [0.2, 0.25) is 0 Å². The zero-order valence-electron chi connectivity index (χ0n) is 18.3. The van der Waals surface area contributed by atoms with Crippen molar-refractivity contribution < 1.29 is 13.2 Å². The van der Waals surface area contributed by atoms with Crippen LogP contribution in [0.5, 0.6) is 0 Å². The van der Waals surface area contributed by atoms with Crippen molar-refractivity contribution in [3.8, 4) is 11.5 Å². The molecule has 1 fully saturated rings. The summed E-state index contributed by atoms with van der Waals surface area (Å²) in [6.07, 6.45) is 3.52. The number of nitrogens with one attached hydrogen (secondary N) is 3. The summed E-state index contributed by atoms with van der Waals surface area (Å²) in [7, 11) is 1.78. The monoisotopic (exact) mass is 459 g/mol. The average Bonchev–Trinajstić information content (AvgIpc) is 3.22. The zero-order valence-corrected chi connectivity index (χ0v) is 18.3. The lowest BCUT2D eigenvalue weighted by atomic mass is 9.95. The summed E-state index contributed by atoms with van der Waals surface area (Å²) in [6, 6.07) is 1.72. The molecule has 0 aromatic carbocycles. The topological polar surface area (TPSA) is 107 Å². The zero-order chi connectivity index (χ0) is 23.8. The lowest BCUT2D eigenvalue weighted by molar-refractivity contribution is -0.141. The molecule has 0 aliphatic carbocycles. The van der Waals surface area contributed by atoms with Gasteiger partial charge in [-0.3, -0.25) is 4.40 Å². The van der Waals surface area contributed by atoms with Crippen LogP contribution in [-0.2, 0) is 6.18 Å². The van der Waals surface area contributed by atoms with Gasteiger partial charge in [0.1, 0.15) is 11.5 Å². The summed E-state index contributed by atoms with van der Waals surface area (Å²) in [5.41, 5.74) is 0.379. The van der Waals surface area contributed by atoms with Gasteiger partial charge in [0.25, 0.3) is 0 Å². The predicted molar refractivity (Wildman–Crippen MR) is 118 cm³/mol. The highest BCUT2D eigenvalue weighted by Gasteiger charge is 2.35. The Kier molecular flexibility index (Phi) is 6.02. The third-order valence-electron chi connectivity index (χ3n) is 5.60. The quantitative estimate of drug-likeness (QED) is 0.504. The normalized spacial score (nSPS) is 21.9.